The predicted molar refractivity (Wildman–Crippen MR) is 102 cm³/mol. The lowest BCUT2D eigenvalue weighted by atomic mass is 10.3. The molecule has 0 saturated heterocycles. The maximum absolute atomic E-state index is 13.9. The van der Waals surface area contributed by atoms with Crippen molar-refractivity contribution in [2.45, 2.75) is 26.2 Å². The van der Waals surface area contributed by atoms with Crippen LogP contribution < -0.4 is 9.46 Å². The third kappa shape index (κ3) is 10.5. The normalized spacial score (nSPS) is 12.0. The van der Waals surface area contributed by atoms with E-state index in [-0.39, 0.29) is 18.1 Å². The summed E-state index contributed by atoms with van der Waals surface area (Å²) >= 11 is 5.02. The molecule has 1 aromatic carbocycles. The molecule has 25 heavy (non-hydrogen) atoms. The second-order valence-corrected chi connectivity index (χ2v) is 7.93. The number of Topliss-reactive ketones (excluding diaryl/α,β-unsaturated/α-hetero) is 1. The first kappa shape index (κ1) is 22.0. The van der Waals surface area contributed by atoms with E-state index in [0.717, 1.165) is 6.42 Å². The molecule has 0 fully saturated rings. The van der Waals surface area contributed by atoms with Crippen LogP contribution >= 0.6 is 0 Å². The summed E-state index contributed by atoms with van der Waals surface area (Å²) in [6.07, 6.45) is 3.75. The van der Waals surface area contributed by atoms with Crippen molar-refractivity contribution in [3.8, 4) is 5.75 Å². The molecular formula is C17H26FNO4S2. The number of nitrogens with one attached hydrogen (secondary N) is 1. The SMILES string of the molecule is CCC(=O)COCCCOCCCOc1ccc(NS(C)=S)cc1F. The summed E-state index contributed by atoms with van der Waals surface area (Å²) in [4.78, 5) is 11.0. The van der Waals surface area contributed by atoms with Crippen molar-refractivity contribution in [2.75, 3.05) is 44.0 Å². The summed E-state index contributed by atoms with van der Waals surface area (Å²) in [5.41, 5.74) is 0.650. The summed E-state index contributed by atoms with van der Waals surface area (Å²) in [6.45, 7) is 3.98. The number of carbonyl (C=O) groups is 1. The van der Waals surface area contributed by atoms with Crippen molar-refractivity contribution < 1.29 is 23.4 Å². The topological polar surface area (TPSA) is 56.8 Å². The smallest absolute Gasteiger partial charge is 0.167 e. The third-order valence-corrected chi connectivity index (χ3v) is 3.89. The number of ether oxygens (including phenoxy) is 3. The number of anilines is 1. The molecule has 1 unspecified atom stereocenters. The van der Waals surface area contributed by atoms with Crippen LogP contribution in [0.1, 0.15) is 26.2 Å². The van der Waals surface area contributed by atoms with Gasteiger partial charge in [0.1, 0.15) is 6.61 Å². The molecule has 0 amide bonds. The van der Waals surface area contributed by atoms with Gasteiger partial charge < -0.3 is 18.9 Å². The van der Waals surface area contributed by atoms with E-state index in [2.05, 4.69) is 4.72 Å². The molecule has 8 heteroatoms. The molecule has 1 atom stereocenters. The molecule has 0 aromatic heterocycles. The zero-order valence-electron chi connectivity index (χ0n) is 14.7. The molecule has 0 aliphatic heterocycles. The van der Waals surface area contributed by atoms with Crippen molar-refractivity contribution in [2.24, 2.45) is 0 Å². The van der Waals surface area contributed by atoms with Crippen LogP contribution in [0, 0.1) is 5.82 Å². The number of hydrogen-bond acceptors (Lipinski definition) is 5. The van der Waals surface area contributed by atoms with Gasteiger partial charge in [0, 0.05) is 50.7 Å². The number of halogens is 1. The van der Waals surface area contributed by atoms with Crippen LogP contribution in [0.3, 0.4) is 0 Å². The molecule has 1 rings (SSSR count). The highest BCUT2D eigenvalue weighted by molar-refractivity contribution is 8.29. The Labute approximate surface area is 155 Å². The van der Waals surface area contributed by atoms with Crippen molar-refractivity contribution in [3.05, 3.63) is 24.0 Å². The Morgan fingerprint density at radius 1 is 1.20 bits per heavy atom. The predicted octanol–water partition coefficient (Wildman–Crippen LogP) is 3.03. The van der Waals surface area contributed by atoms with Crippen molar-refractivity contribution in [1.29, 1.82) is 0 Å². The van der Waals surface area contributed by atoms with Crippen LogP contribution in [0.5, 0.6) is 5.75 Å². The van der Waals surface area contributed by atoms with E-state index >= 15 is 0 Å². The molecule has 0 heterocycles. The lowest BCUT2D eigenvalue weighted by Crippen LogP contribution is -2.10. The summed E-state index contributed by atoms with van der Waals surface area (Å²) in [7, 11) is -0.413. The molecule has 0 bridgehead atoms. The van der Waals surface area contributed by atoms with Gasteiger partial charge in [-0.15, -0.1) is 0 Å². The van der Waals surface area contributed by atoms with Gasteiger partial charge in [0.25, 0.3) is 0 Å². The van der Waals surface area contributed by atoms with Gasteiger partial charge in [0.05, 0.1) is 6.61 Å². The molecule has 0 aliphatic rings. The third-order valence-electron chi connectivity index (χ3n) is 3.12. The van der Waals surface area contributed by atoms with Gasteiger partial charge in [-0.25, -0.2) is 4.39 Å². The van der Waals surface area contributed by atoms with E-state index in [1.807, 2.05) is 13.2 Å². The van der Waals surface area contributed by atoms with E-state index in [0.29, 0.717) is 45.0 Å². The molecule has 1 aromatic rings. The fourth-order valence-corrected chi connectivity index (χ4v) is 2.59. The van der Waals surface area contributed by atoms with E-state index in [1.54, 1.807) is 12.1 Å². The fourth-order valence-electron chi connectivity index (χ4n) is 1.84. The molecule has 142 valence electrons. The van der Waals surface area contributed by atoms with E-state index < -0.39 is 15.5 Å². The average Bonchev–Trinajstić information content (AvgIpc) is 2.57. The summed E-state index contributed by atoms with van der Waals surface area (Å²) in [5, 5.41) is 0. The minimum absolute atomic E-state index is 0.105. The Hall–Kier alpha value is -1.09. The number of hydrogen-bond donors (Lipinski definition) is 1. The lowest BCUT2D eigenvalue weighted by Gasteiger charge is -2.10. The molecular weight excluding hydrogens is 365 g/mol. The van der Waals surface area contributed by atoms with Gasteiger partial charge in [-0.05, 0) is 39.4 Å². The van der Waals surface area contributed by atoms with Crippen LogP contribution in [0.2, 0.25) is 0 Å². The summed E-state index contributed by atoms with van der Waals surface area (Å²) < 4.78 is 32.9. The first-order valence-electron chi connectivity index (χ1n) is 8.22. The van der Waals surface area contributed by atoms with Gasteiger partial charge >= 0.3 is 0 Å². The monoisotopic (exact) mass is 391 g/mol. The zero-order valence-corrected chi connectivity index (χ0v) is 16.3. The van der Waals surface area contributed by atoms with Crippen LogP contribution in [0.25, 0.3) is 0 Å². The minimum atomic E-state index is -0.413. The minimum Gasteiger partial charge on any atom is -0.490 e. The molecule has 0 aliphatic carbocycles. The van der Waals surface area contributed by atoms with Gasteiger partial charge in [0.15, 0.2) is 17.3 Å². The zero-order chi connectivity index (χ0) is 18.5. The second kappa shape index (κ2) is 13.2. The molecule has 0 saturated carbocycles. The van der Waals surface area contributed by atoms with Crippen molar-refractivity contribution >= 4 is 32.3 Å². The van der Waals surface area contributed by atoms with Crippen LogP contribution in [0.15, 0.2) is 18.2 Å². The lowest BCUT2D eigenvalue weighted by molar-refractivity contribution is -0.123. The van der Waals surface area contributed by atoms with Gasteiger partial charge in [-0.2, -0.15) is 0 Å². The Kier molecular flexibility index (Phi) is 11.6. The molecule has 0 spiro atoms. The van der Waals surface area contributed by atoms with Crippen molar-refractivity contribution in [3.63, 3.8) is 0 Å². The Balaban J connectivity index is 2.06. The summed E-state index contributed by atoms with van der Waals surface area (Å²) in [6, 6.07) is 4.72. The Morgan fingerprint density at radius 2 is 1.88 bits per heavy atom. The molecule has 0 radical (unpaired) electrons. The number of carbonyl (C=O) groups excluding carboxylic acids is 1. The molecule has 1 N–H and O–H groups in total. The highest BCUT2D eigenvalue weighted by Crippen LogP contribution is 2.21. The highest BCUT2D eigenvalue weighted by Gasteiger charge is 2.05. The first-order chi connectivity index (χ1) is 12.0. The number of rotatable bonds is 14. The highest BCUT2D eigenvalue weighted by atomic mass is 32.8. The fraction of sp³-hybridized carbons (Fsp3) is 0.588. The van der Waals surface area contributed by atoms with Gasteiger partial charge in [0.2, 0.25) is 0 Å². The Morgan fingerprint density at radius 3 is 2.52 bits per heavy atom. The maximum atomic E-state index is 13.9. The summed E-state index contributed by atoms with van der Waals surface area (Å²) in [5.74, 6) is -0.0850. The van der Waals surface area contributed by atoms with Gasteiger partial charge in [-0.3, -0.25) is 4.79 Å². The van der Waals surface area contributed by atoms with E-state index in [1.165, 1.54) is 6.07 Å². The van der Waals surface area contributed by atoms with Crippen molar-refractivity contribution in [1.82, 2.24) is 0 Å². The second-order valence-electron chi connectivity index (χ2n) is 5.31. The quantitative estimate of drug-likeness (QED) is 0.492. The van der Waals surface area contributed by atoms with Crippen LogP contribution in [0.4, 0.5) is 10.1 Å². The van der Waals surface area contributed by atoms with Crippen LogP contribution in [-0.2, 0) is 35.1 Å². The first-order valence-corrected chi connectivity index (χ1v) is 10.8. The number of benzene rings is 1. The average molecular weight is 392 g/mol. The maximum Gasteiger partial charge on any atom is 0.167 e. The van der Waals surface area contributed by atoms with Crippen LogP contribution in [-0.4, -0.2) is 45.1 Å². The van der Waals surface area contributed by atoms with E-state index in [4.69, 9.17) is 25.4 Å². The van der Waals surface area contributed by atoms with E-state index in [9.17, 15) is 9.18 Å². The number of ketones is 1. The largest absolute Gasteiger partial charge is 0.490 e. The standard InChI is InChI=1S/C17H26FNO4S2/c1-3-15(20)13-22-10-4-8-21-9-5-11-23-17-7-6-14(12-16(17)18)19-25(2)24/h6-7,12,19H,3-5,8-11,13H2,1-2H3. The molecule has 5 nitrogen and oxygen atoms in total. The Bertz CT molecular complexity index is 557. The van der Waals surface area contributed by atoms with Gasteiger partial charge in [-0.1, -0.05) is 6.92 Å².